The van der Waals surface area contributed by atoms with Gasteiger partial charge in [-0.1, -0.05) is 18.2 Å². The maximum atomic E-state index is 10.3. The van der Waals surface area contributed by atoms with E-state index in [1.165, 1.54) is 11.1 Å². The van der Waals surface area contributed by atoms with E-state index in [0.717, 1.165) is 16.8 Å². The van der Waals surface area contributed by atoms with E-state index in [0.29, 0.717) is 12.3 Å². The third kappa shape index (κ3) is 4.38. The molecule has 0 aliphatic carbocycles. The maximum Gasteiger partial charge on any atom is 0.239 e. The molecule has 1 aliphatic heterocycles. The minimum Gasteiger partial charge on any atom is -0.443 e. The number of ether oxygens (including phenoxy) is 2. The molecule has 0 unspecified atom stereocenters. The van der Waals surface area contributed by atoms with Crippen LogP contribution in [0.5, 0.6) is 5.88 Å². The van der Waals surface area contributed by atoms with Crippen molar-refractivity contribution in [1.29, 1.82) is 0 Å². The lowest BCUT2D eigenvalue weighted by molar-refractivity contribution is -0.278. The molecule has 1 aliphatic rings. The molecule has 1 fully saturated rings. The lowest BCUT2D eigenvalue weighted by atomic mass is 9.99. The number of hydrogen-bond acceptors (Lipinski definition) is 7. The zero-order chi connectivity index (χ0) is 22.2. The van der Waals surface area contributed by atoms with Crippen LogP contribution in [0.3, 0.4) is 0 Å². The van der Waals surface area contributed by atoms with Crippen molar-refractivity contribution in [3.05, 3.63) is 46.1 Å². The first-order chi connectivity index (χ1) is 14.1. The van der Waals surface area contributed by atoms with Gasteiger partial charge in [-0.2, -0.15) is 0 Å². The summed E-state index contributed by atoms with van der Waals surface area (Å²) in [6.45, 7) is 9.60. The molecule has 0 spiro atoms. The van der Waals surface area contributed by atoms with E-state index >= 15 is 0 Å². The first-order valence-electron chi connectivity index (χ1n) is 10.2. The van der Waals surface area contributed by atoms with E-state index < -0.39 is 37.3 Å². The molecule has 30 heavy (non-hydrogen) atoms. The summed E-state index contributed by atoms with van der Waals surface area (Å²) < 4.78 is 13.2. The monoisotopic (exact) mass is 420 g/mol. The third-order valence-corrected chi connectivity index (χ3v) is 5.75. The molecular weight excluding hydrogens is 388 g/mol. The predicted octanol–water partition coefficient (Wildman–Crippen LogP) is 1.16. The van der Waals surface area contributed by atoms with Crippen LogP contribution in [0.2, 0.25) is 0 Å². The van der Waals surface area contributed by atoms with Crippen LogP contribution in [0.1, 0.15) is 47.8 Å². The fourth-order valence-electron chi connectivity index (χ4n) is 3.72. The molecule has 4 N–H and O–H groups in total. The zero-order valence-electron chi connectivity index (χ0n) is 18.1. The van der Waals surface area contributed by atoms with Gasteiger partial charge in [0.05, 0.1) is 6.61 Å². The van der Waals surface area contributed by atoms with Crippen LogP contribution >= 0.6 is 0 Å². The van der Waals surface area contributed by atoms with E-state index in [9.17, 15) is 20.4 Å². The van der Waals surface area contributed by atoms with Crippen molar-refractivity contribution < 1.29 is 29.9 Å². The minimum atomic E-state index is -1.50. The van der Waals surface area contributed by atoms with Crippen molar-refractivity contribution in [3.8, 4) is 5.88 Å². The topological polar surface area (TPSA) is 117 Å². The van der Waals surface area contributed by atoms with Crippen molar-refractivity contribution >= 4 is 0 Å². The van der Waals surface area contributed by atoms with Crippen LogP contribution in [-0.4, -0.2) is 67.5 Å². The molecule has 1 aromatic heterocycles. The second kappa shape index (κ2) is 9.03. The molecule has 2 aromatic rings. The van der Waals surface area contributed by atoms with Crippen LogP contribution in [0.25, 0.3) is 0 Å². The van der Waals surface area contributed by atoms with Gasteiger partial charge in [-0.3, -0.25) is 4.68 Å². The zero-order valence-corrected chi connectivity index (χ0v) is 18.1. The van der Waals surface area contributed by atoms with Gasteiger partial charge in [-0.15, -0.1) is 5.10 Å². The predicted molar refractivity (Wildman–Crippen MR) is 110 cm³/mol. The fourth-order valence-corrected chi connectivity index (χ4v) is 3.72. The Labute approximate surface area is 176 Å². The van der Waals surface area contributed by atoms with Gasteiger partial charge in [0.1, 0.15) is 24.4 Å². The molecule has 166 valence electrons. The molecule has 0 radical (unpaired) electrons. The highest BCUT2D eigenvalue weighted by atomic mass is 16.7. The number of rotatable bonds is 6. The second-order valence-corrected chi connectivity index (χ2v) is 8.32. The highest BCUT2D eigenvalue weighted by Crippen LogP contribution is 2.30. The van der Waals surface area contributed by atoms with Gasteiger partial charge in [0, 0.05) is 23.7 Å². The summed E-state index contributed by atoms with van der Waals surface area (Å²) in [5.41, 5.74) is 5.29. The van der Waals surface area contributed by atoms with Crippen molar-refractivity contribution in [2.75, 3.05) is 6.61 Å². The van der Waals surface area contributed by atoms with E-state index in [1.807, 2.05) is 25.5 Å². The third-order valence-electron chi connectivity index (χ3n) is 5.75. The standard InChI is InChI=1S/C22H32N2O6/c1-11(2)24-14(5)16(9-15-7-6-12(3)13(4)8-15)21(23-24)30-22-20(28)19(27)18(26)17(10-25)29-22/h6-8,11,17-20,22,25-28H,9-10H2,1-5H3/t17-,18-,19+,20-,22+/m1/s1. The van der Waals surface area contributed by atoms with E-state index in [-0.39, 0.29) is 6.04 Å². The van der Waals surface area contributed by atoms with Gasteiger partial charge in [0.2, 0.25) is 12.2 Å². The lowest BCUT2D eigenvalue weighted by Crippen LogP contribution is -2.60. The van der Waals surface area contributed by atoms with E-state index in [1.54, 1.807) is 0 Å². The minimum absolute atomic E-state index is 0.0932. The molecule has 0 bridgehead atoms. The Balaban J connectivity index is 1.93. The Kier molecular flexibility index (Phi) is 6.84. The number of aromatic nitrogens is 2. The summed E-state index contributed by atoms with van der Waals surface area (Å²) in [6, 6.07) is 6.35. The van der Waals surface area contributed by atoms with Gasteiger partial charge in [0.25, 0.3) is 0 Å². The highest BCUT2D eigenvalue weighted by molar-refractivity contribution is 5.39. The van der Waals surface area contributed by atoms with Crippen LogP contribution in [-0.2, 0) is 11.2 Å². The molecule has 1 saturated heterocycles. The first-order valence-corrected chi connectivity index (χ1v) is 10.2. The van der Waals surface area contributed by atoms with Gasteiger partial charge >= 0.3 is 0 Å². The smallest absolute Gasteiger partial charge is 0.239 e. The molecule has 8 nitrogen and oxygen atoms in total. The average Bonchev–Trinajstić information content (AvgIpc) is 3.01. The number of hydrogen-bond donors (Lipinski definition) is 4. The molecular formula is C22H32N2O6. The van der Waals surface area contributed by atoms with E-state index in [2.05, 4.69) is 37.1 Å². The van der Waals surface area contributed by atoms with Crippen LogP contribution in [0.4, 0.5) is 0 Å². The van der Waals surface area contributed by atoms with E-state index in [4.69, 9.17) is 9.47 Å². The highest BCUT2D eigenvalue weighted by Gasteiger charge is 2.45. The molecule has 3 rings (SSSR count). The second-order valence-electron chi connectivity index (χ2n) is 8.32. The van der Waals surface area contributed by atoms with Gasteiger partial charge < -0.3 is 29.9 Å². The van der Waals surface area contributed by atoms with Gasteiger partial charge in [-0.05, 0) is 51.3 Å². The maximum absolute atomic E-state index is 10.3. The Morgan fingerprint density at radius 2 is 1.77 bits per heavy atom. The Bertz CT molecular complexity index is 879. The molecule has 0 amide bonds. The number of benzene rings is 1. The largest absolute Gasteiger partial charge is 0.443 e. The van der Waals surface area contributed by atoms with Crippen molar-refractivity contribution in [3.63, 3.8) is 0 Å². The van der Waals surface area contributed by atoms with Gasteiger partial charge in [0.15, 0.2) is 0 Å². The normalized spacial score (nSPS) is 26.9. The summed E-state index contributed by atoms with van der Waals surface area (Å²) in [5.74, 6) is 0.295. The number of nitrogens with zero attached hydrogens (tertiary/aromatic N) is 2. The summed E-state index contributed by atoms with van der Waals surface area (Å²) in [4.78, 5) is 0. The van der Waals surface area contributed by atoms with Gasteiger partial charge in [-0.25, -0.2) is 0 Å². The quantitative estimate of drug-likeness (QED) is 0.554. The SMILES string of the molecule is Cc1ccc(Cc2c(O[C@@H]3O[C@H](CO)[C@@H](O)[C@H](O)[C@H]3O)nn(C(C)C)c2C)cc1C. The molecule has 1 aromatic carbocycles. The molecule has 2 heterocycles. The number of aryl methyl sites for hydroxylation is 2. The number of aliphatic hydroxyl groups is 4. The van der Waals surface area contributed by atoms with Crippen LogP contribution < -0.4 is 4.74 Å². The van der Waals surface area contributed by atoms with Crippen molar-refractivity contribution in [2.24, 2.45) is 0 Å². The summed E-state index contributed by atoms with van der Waals surface area (Å²) in [5, 5.41) is 44.4. The Morgan fingerprint density at radius 3 is 2.37 bits per heavy atom. The van der Waals surface area contributed by atoms with Crippen LogP contribution in [0.15, 0.2) is 18.2 Å². The molecule has 8 heteroatoms. The first kappa shape index (κ1) is 22.7. The Morgan fingerprint density at radius 1 is 1.07 bits per heavy atom. The van der Waals surface area contributed by atoms with Crippen molar-refractivity contribution in [1.82, 2.24) is 9.78 Å². The summed E-state index contributed by atoms with van der Waals surface area (Å²) in [7, 11) is 0. The summed E-state index contributed by atoms with van der Waals surface area (Å²) >= 11 is 0. The molecule has 0 saturated carbocycles. The fraction of sp³-hybridized carbons (Fsp3) is 0.591. The lowest BCUT2D eigenvalue weighted by Gasteiger charge is -2.39. The Hall–Kier alpha value is -1.97. The van der Waals surface area contributed by atoms with Crippen LogP contribution in [0, 0.1) is 20.8 Å². The number of aliphatic hydroxyl groups excluding tert-OH is 4. The average molecular weight is 421 g/mol. The molecule has 5 atom stereocenters. The summed E-state index contributed by atoms with van der Waals surface area (Å²) in [6.07, 6.45) is -6.15. The van der Waals surface area contributed by atoms with Crippen molar-refractivity contribution in [2.45, 2.75) is 77.8 Å².